The first-order chi connectivity index (χ1) is 9.11. The molecule has 1 aliphatic rings. The van der Waals surface area contributed by atoms with Crippen LogP contribution >= 0.6 is 11.3 Å². The van der Waals surface area contributed by atoms with Gasteiger partial charge in [-0.25, -0.2) is 4.98 Å². The van der Waals surface area contributed by atoms with Gasteiger partial charge < -0.3 is 15.8 Å². The number of rotatable bonds is 3. The summed E-state index contributed by atoms with van der Waals surface area (Å²) >= 11 is 1.38. The topological polar surface area (TPSA) is 95.1 Å². The molecule has 1 aromatic rings. The highest BCUT2D eigenvalue weighted by Gasteiger charge is 2.24. The number of carbonyl (C=O) groups excluding carboxylic acids is 1. The van der Waals surface area contributed by atoms with Gasteiger partial charge in [-0.15, -0.1) is 11.3 Å². The van der Waals surface area contributed by atoms with Crippen molar-refractivity contribution in [2.24, 2.45) is 10.9 Å². The molecule has 1 aromatic heterocycles. The summed E-state index contributed by atoms with van der Waals surface area (Å²) in [6.45, 7) is 5.01. The largest absolute Gasteiger partial charge is 0.409 e. The van der Waals surface area contributed by atoms with E-state index in [9.17, 15) is 4.79 Å². The molecule has 3 N–H and O–H groups in total. The van der Waals surface area contributed by atoms with E-state index in [-0.39, 0.29) is 11.7 Å². The summed E-state index contributed by atoms with van der Waals surface area (Å²) in [5, 5.41) is 11.5. The molecule has 0 radical (unpaired) electrons. The molecule has 7 nitrogen and oxygen atoms in total. The first kappa shape index (κ1) is 13.8. The first-order valence-corrected chi connectivity index (χ1v) is 6.88. The lowest BCUT2D eigenvalue weighted by Gasteiger charge is -2.34. The van der Waals surface area contributed by atoms with Crippen LogP contribution in [0, 0.1) is 6.92 Å². The van der Waals surface area contributed by atoms with Gasteiger partial charge >= 0.3 is 0 Å². The second-order valence-electron chi connectivity index (χ2n) is 4.43. The number of piperazine rings is 1. The molecule has 0 bridgehead atoms. The molecule has 2 heterocycles. The Balaban J connectivity index is 1.90. The summed E-state index contributed by atoms with van der Waals surface area (Å²) in [4.78, 5) is 20.9. The number of nitrogens with zero attached hydrogens (tertiary/aromatic N) is 4. The van der Waals surface area contributed by atoms with E-state index < -0.39 is 0 Å². The van der Waals surface area contributed by atoms with E-state index in [4.69, 9.17) is 10.9 Å². The van der Waals surface area contributed by atoms with Crippen molar-refractivity contribution in [1.82, 2.24) is 14.8 Å². The van der Waals surface area contributed by atoms with Crippen molar-refractivity contribution in [3.05, 3.63) is 16.1 Å². The van der Waals surface area contributed by atoms with Crippen molar-refractivity contribution >= 4 is 23.1 Å². The summed E-state index contributed by atoms with van der Waals surface area (Å²) in [6.07, 6.45) is 0. The molecule has 1 saturated heterocycles. The Morgan fingerprint density at radius 2 is 2.21 bits per heavy atom. The number of thiazole rings is 1. The summed E-state index contributed by atoms with van der Waals surface area (Å²) in [6, 6.07) is 0. The molecule has 0 spiro atoms. The van der Waals surface area contributed by atoms with Crippen LogP contribution in [0.15, 0.2) is 10.7 Å². The summed E-state index contributed by atoms with van der Waals surface area (Å²) in [5.41, 5.74) is 7.94. The zero-order chi connectivity index (χ0) is 13.8. The monoisotopic (exact) mass is 283 g/mol. The molecule has 0 aliphatic carbocycles. The third-order valence-electron chi connectivity index (χ3n) is 3.11. The van der Waals surface area contributed by atoms with Crippen LogP contribution < -0.4 is 5.73 Å². The summed E-state index contributed by atoms with van der Waals surface area (Å²) < 4.78 is 0. The minimum atomic E-state index is 0.0449. The Labute approximate surface area is 115 Å². The van der Waals surface area contributed by atoms with Gasteiger partial charge in [0.1, 0.15) is 4.88 Å². The minimum absolute atomic E-state index is 0.0449. The number of carbonyl (C=O) groups is 1. The van der Waals surface area contributed by atoms with Crippen LogP contribution in [0.3, 0.4) is 0 Å². The number of hydrogen-bond donors (Lipinski definition) is 2. The molecule has 1 amide bonds. The van der Waals surface area contributed by atoms with Crippen LogP contribution in [0.4, 0.5) is 0 Å². The maximum absolute atomic E-state index is 12.3. The van der Waals surface area contributed by atoms with Crippen molar-refractivity contribution in [2.75, 3.05) is 32.7 Å². The Bertz CT molecular complexity index is 479. The number of amidine groups is 1. The fraction of sp³-hybridized carbons (Fsp3) is 0.545. The molecule has 0 unspecified atom stereocenters. The zero-order valence-electron chi connectivity index (χ0n) is 10.7. The van der Waals surface area contributed by atoms with E-state index in [1.807, 2.05) is 11.8 Å². The Morgan fingerprint density at radius 3 is 2.74 bits per heavy atom. The molecular weight excluding hydrogens is 266 g/mol. The second kappa shape index (κ2) is 5.98. The van der Waals surface area contributed by atoms with Crippen LogP contribution in [-0.2, 0) is 0 Å². The summed E-state index contributed by atoms with van der Waals surface area (Å²) in [5.74, 6) is 0.238. The number of amides is 1. The smallest absolute Gasteiger partial charge is 0.265 e. The normalized spacial score (nSPS) is 17.7. The summed E-state index contributed by atoms with van der Waals surface area (Å²) in [7, 11) is 0. The van der Waals surface area contributed by atoms with E-state index in [0.29, 0.717) is 24.5 Å². The highest BCUT2D eigenvalue weighted by molar-refractivity contribution is 7.11. The van der Waals surface area contributed by atoms with Gasteiger partial charge in [0.2, 0.25) is 0 Å². The third kappa shape index (κ3) is 3.21. The van der Waals surface area contributed by atoms with E-state index >= 15 is 0 Å². The van der Waals surface area contributed by atoms with Crippen LogP contribution in [0.1, 0.15) is 15.4 Å². The van der Waals surface area contributed by atoms with E-state index in [2.05, 4.69) is 15.0 Å². The first-order valence-electron chi connectivity index (χ1n) is 6.00. The Kier molecular flexibility index (Phi) is 4.33. The van der Waals surface area contributed by atoms with Crippen molar-refractivity contribution in [2.45, 2.75) is 6.92 Å². The maximum atomic E-state index is 12.3. The fourth-order valence-electron chi connectivity index (χ4n) is 2.02. The molecular formula is C11H17N5O2S. The minimum Gasteiger partial charge on any atom is -0.409 e. The predicted molar refractivity (Wildman–Crippen MR) is 72.6 cm³/mol. The van der Waals surface area contributed by atoms with Gasteiger partial charge in [-0.1, -0.05) is 5.16 Å². The molecule has 0 aromatic carbocycles. The van der Waals surface area contributed by atoms with E-state index in [1.165, 1.54) is 11.3 Å². The predicted octanol–water partition coefficient (Wildman–Crippen LogP) is -0.0443. The Morgan fingerprint density at radius 1 is 1.53 bits per heavy atom. The van der Waals surface area contributed by atoms with Gasteiger partial charge in [0, 0.05) is 26.2 Å². The molecule has 104 valence electrons. The maximum Gasteiger partial charge on any atom is 0.265 e. The van der Waals surface area contributed by atoms with Gasteiger partial charge in [0.15, 0.2) is 5.84 Å². The lowest BCUT2D eigenvalue weighted by atomic mass is 10.2. The third-order valence-corrected chi connectivity index (χ3v) is 4.03. The molecule has 2 rings (SSSR count). The highest BCUT2D eigenvalue weighted by Crippen LogP contribution is 2.16. The van der Waals surface area contributed by atoms with Gasteiger partial charge in [-0.2, -0.15) is 0 Å². The Hall–Kier alpha value is -1.67. The van der Waals surface area contributed by atoms with E-state index in [0.717, 1.165) is 18.8 Å². The molecule has 0 saturated carbocycles. The number of oxime groups is 1. The fourth-order valence-corrected chi connectivity index (χ4v) is 2.79. The average molecular weight is 283 g/mol. The number of aryl methyl sites for hydroxylation is 1. The number of nitrogens with two attached hydrogens (primary N) is 1. The SMILES string of the molecule is Cc1ncsc1C(=O)N1CCN(CC(N)=NO)CC1. The van der Waals surface area contributed by atoms with Crippen molar-refractivity contribution in [1.29, 1.82) is 0 Å². The van der Waals surface area contributed by atoms with Crippen LogP contribution in [0.2, 0.25) is 0 Å². The van der Waals surface area contributed by atoms with Crippen LogP contribution in [-0.4, -0.2) is 64.5 Å². The molecule has 0 atom stereocenters. The van der Waals surface area contributed by atoms with Crippen LogP contribution in [0.5, 0.6) is 0 Å². The standard InChI is InChI=1S/C11H17N5O2S/c1-8-10(19-7-13-8)11(17)16-4-2-15(3-5-16)6-9(12)14-18/h7,18H,2-6H2,1H3,(H2,12,14). The van der Waals surface area contributed by atoms with Gasteiger partial charge in [-0.05, 0) is 6.92 Å². The molecule has 19 heavy (non-hydrogen) atoms. The second-order valence-corrected chi connectivity index (χ2v) is 5.28. The van der Waals surface area contributed by atoms with Crippen LogP contribution in [0.25, 0.3) is 0 Å². The zero-order valence-corrected chi connectivity index (χ0v) is 11.6. The van der Waals surface area contributed by atoms with Crippen molar-refractivity contribution in [3.8, 4) is 0 Å². The molecule has 1 aliphatic heterocycles. The lowest BCUT2D eigenvalue weighted by Crippen LogP contribution is -2.50. The highest BCUT2D eigenvalue weighted by atomic mass is 32.1. The van der Waals surface area contributed by atoms with Crippen molar-refractivity contribution < 1.29 is 10.0 Å². The number of hydrogen-bond acceptors (Lipinski definition) is 6. The average Bonchev–Trinajstić information content (AvgIpc) is 2.85. The molecule has 1 fully saturated rings. The molecule has 8 heteroatoms. The quantitative estimate of drug-likeness (QED) is 0.351. The number of aromatic nitrogens is 1. The van der Waals surface area contributed by atoms with Gasteiger partial charge in [0.25, 0.3) is 5.91 Å². The van der Waals surface area contributed by atoms with Gasteiger partial charge in [0.05, 0.1) is 17.7 Å². The lowest BCUT2D eigenvalue weighted by molar-refractivity contribution is 0.0657. The van der Waals surface area contributed by atoms with Gasteiger partial charge in [-0.3, -0.25) is 9.69 Å². The van der Waals surface area contributed by atoms with E-state index in [1.54, 1.807) is 5.51 Å². The van der Waals surface area contributed by atoms with Crippen molar-refractivity contribution in [3.63, 3.8) is 0 Å².